The van der Waals surface area contributed by atoms with Crippen molar-refractivity contribution in [1.29, 1.82) is 0 Å². The summed E-state index contributed by atoms with van der Waals surface area (Å²) in [6.07, 6.45) is 0. The van der Waals surface area contributed by atoms with Crippen LogP contribution >= 0.6 is 0 Å². The number of aromatic amines is 2. The van der Waals surface area contributed by atoms with Crippen molar-refractivity contribution in [2.75, 3.05) is 0 Å². The van der Waals surface area contributed by atoms with Crippen molar-refractivity contribution in [3.8, 4) is 44.5 Å². The molecule has 0 aliphatic heterocycles. The van der Waals surface area contributed by atoms with Crippen LogP contribution in [0.25, 0.3) is 120 Å². The molecule has 0 saturated heterocycles. The lowest BCUT2D eigenvalue weighted by Crippen LogP contribution is -1.95. The summed E-state index contributed by atoms with van der Waals surface area (Å²) in [5.41, 5.74) is 14.2. The van der Waals surface area contributed by atoms with Gasteiger partial charge >= 0.3 is 0 Å². The number of para-hydroxylation sites is 2. The van der Waals surface area contributed by atoms with Gasteiger partial charge in [0.05, 0.1) is 11.0 Å². The third-order valence-corrected chi connectivity index (χ3v) is 12.0. The van der Waals surface area contributed by atoms with E-state index in [4.69, 9.17) is 0 Å². The minimum atomic E-state index is 1.13. The van der Waals surface area contributed by atoms with Gasteiger partial charge in [-0.1, -0.05) is 182 Å². The van der Waals surface area contributed by atoms with Crippen LogP contribution in [-0.4, -0.2) is 9.97 Å². The maximum absolute atomic E-state index is 3.95. The fourth-order valence-corrected chi connectivity index (χ4v) is 9.58. The molecule has 12 aromatic rings. The van der Waals surface area contributed by atoms with Gasteiger partial charge in [0.2, 0.25) is 0 Å². The van der Waals surface area contributed by atoms with Crippen LogP contribution in [0.2, 0.25) is 0 Å². The third kappa shape index (κ3) is 4.44. The van der Waals surface area contributed by atoms with Gasteiger partial charge in [0.15, 0.2) is 0 Å². The molecule has 0 amide bonds. The van der Waals surface area contributed by atoms with Crippen LogP contribution in [0.4, 0.5) is 0 Å². The Morgan fingerprint density at radius 3 is 1.23 bits per heavy atom. The standard InChI is InChI=1S/C54H34N2/c1-2-15-33(16-3-1)34-29-31-46-38-20-10-12-27-48(38)55-53(46)51(34)43-23-8-9-24-44(43)52-45(30-32-47-39-21-11-13-28-49(39)56-54(47)52)42-26-14-25-41-37-18-5-4-17-35(37)36-19-6-7-22-40(36)50(41)42/h1-32,55-56H. The average molecular weight is 711 g/mol. The van der Waals surface area contributed by atoms with E-state index in [1.54, 1.807) is 0 Å². The summed E-state index contributed by atoms with van der Waals surface area (Å²) in [5.74, 6) is 0. The lowest BCUT2D eigenvalue weighted by atomic mass is 9.83. The highest BCUT2D eigenvalue weighted by molar-refractivity contribution is 6.30. The molecular weight excluding hydrogens is 677 g/mol. The first kappa shape index (κ1) is 31.0. The molecule has 260 valence electrons. The first-order valence-electron chi connectivity index (χ1n) is 19.4. The largest absolute Gasteiger partial charge is 0.354 e. The predicted octanol–water partition coefficient (Wildman–Crippen LogP) is 15.1. The Morgan fingerprint density at radius 1 is 0.232 bits per heavy atom. The minimum absolute atomic E-state index is 1.13. The first-order chi connectivity index (χ1) is 27.8. The zero-order valence-electron chi connectivity index (χ0n) is 30.5. The number of hydrogen-bond donors (Lipinski definition) is 2. The van der Waals surface area contributed by atoms with Crippen LogP contribution in [0.3, 0.4) is 0 Å². The molecule has 0 bridgehead atoms. The Balaban J connectivity index is 1.25. The van der Waals surface area contributed by atoms with Crippen LogP contribution < -0.4 is 0 Å². The van der Waals surface area contributed by atoms with Gasteiger partial charge in [-0.3, -0.25) is 0 Å². The monoisotopic (exact) mass is 710 g/mol. The Bertz CT molecular complexity index is 3480. The molecule has 0 fully saturated rings. The van der Waals surface area contributed by atoms with Crippen molar-refractivity contribution in [3.63, 3.8) is 0 Å². The number of fused-ring (bicyclic) bond motifs is 12. The highest BCUT2D eigenvalue weighted by Crippen LogP contribution is 2.50. The van der Waals surface area contributed by atoms with E-state index in [-0.39, 0.29) is 0 Å². The van der Waals surface area contributed by atoms with E-state index in [1.165, 1.54) is 98.4 Å². The molecule has 0 spiro atoms. The van der Waals surface area contributed by atoms with Crippen molar-refractivity contribution in [3.05, 3.63) is 194 Å². The molecule has 0 radical (unpaired) electrons. The minimum Gasteiger partial charge on any atom is -0.354 e. The molecule has 0 unspecified atom stereocenters. The first-order valence-corrected chi connectivity index (χ1v) is 19.4. The van der Waals surface area contributed by atoms with Gasteiger partial charge in [-0.2, -0.15) is 0 Å². The van der Waals surface area contributed by atoms with Crippen molar-refractivity contribution >= 4 is 75.9 Å². The zero-order valence-corrected chi connectivity index (χ0v) is 30.5. The smallest absolute Gasteiger partial charge is 0.0551 e. The number of benzene rings is 10. The molecule has 0 aliphatic rings. The second-order valence-electron chi connectivity index (χ2n) is 14.9. The molecule has 2 heteroatoms. The lowest BCUT2D eigenvalue weighted by Gasteiger charge is -2.20. The van der Waals surface area contributed by atoms with Crippen molar-refractivity contribution in [2.45, 2.75) is 0 Å². The summed E-state index contributed by atoms with van der Waals surface area (Å²) >= 11 is 0. The van der Waals surface area contributed by atoms with Gasteiger partial charge in [-0.05, 0) is 77.8 Å². The fourth-order valence-electron chi connectivity index (χ4n) is 9.58. The maximum Gasteiger partial charge on any atom is 0.0551 e. The number of nitrogens with one attached hydrogen (secondary N) is 2. The average Bonchev–Trinajstić information content (AvgIpc) is 3.85. The van der Waals surface area contributed by atoms with E-state index in [2.05, 4.69) is 204 Å². The highest BCUT2D eigenvalue weighted by atomic mass is 14.7. The Morgan fingerprint density at radius 2 is 0.643 bits per heavy atom. The number of H-pyrrole nitrogens is 2. The lowest BCUT2D eigenvalue weighted by molar-refractivity contribution is 1.51. The normalized spacial score (nSPS) is 11.9. The Hall–Kier alpha value is -7.42. The van der Waals surface area contributed by atoms with E-state index in [0.717, 1.165) is 22.1 Å². The van der Waals surface area contributed by atoms with Crippen LogP contribution in [0.15, 0.2) is 194 Å². The SMILES string of the molecule is c1ccc(-c2ccc3c([nH]c4ccccc43)c2-c2ccccc2-c2c(-c3cccc4c5ccccc5c5ccccc5c34)ccc3c2[nH]c2ccccc23)cc1. The van der Waals surface area contributed by atoms with Crippen LogP contribution in [0.1, 0.15) is 0 Å². The van der Waals surface area contributed by atoms with Crippen LogP contribution in [0, 0.1) is 0 Å². The molecule has 56 heavy (non-hydrogen) atoms. The zero-order chi connectivity index (χ0) is 36.7. The summed E-state index contributed by atoms with van der Waals surface area (Å²) in [5, 5.41) is 12.5. The molecule has 2 aromatic heterocycles. The highest BCUT2D eigenvalue weighted by Gasteiger charge is 2.24. The molecule has 2 heterocycles. The van der Waals surface area contributed by atoms with Crippen molar-refractivity contribution < 1.29 is 0 Å². The number of hydrogen-bond acceptors (Lipinski definition) is 0. The number of rotatable bonds is 4. The summed E-state index contributed by atoms with van der Waals surface area (Å²) in [4.78, 5) is 7.84. The van der Waals surface area contributed by atoms with Gasteiger partial charge in [0, 0.05) is 43.7 Å². The molecule has 10 aromatic carbocycles. The van der Waals surface area contributed by atoms with Crippen molar-refractivity contribution in [1.82, 2.24) is 9.97 Å². The van der Waals surface area contributed by atoms with Gasteiger partial charge in [-0.25, -0.2) is 0 Å². The van der Waals surface area contributed by atoms with E-state index < -0.39 is 0 Å². The summed E-state index contributed by atoms with van der Waals surface area (Å²) in [6, 6.07) is 71.1. The molecular formula is C54H34N2. The summed E-state index contributed by atoms with van der Waals surface area (Å²) < 4.78 is 0. The third-order valence-electron chi connectivity index (χ3n) is 12.0. The summed E-state index contributed by atoms with van der Waals surface area (Å²) in [6.45, 7) is 0. The van der Waals surface area contributed by atoms with E-state index in [0.29, 0.717) is 0 Å². The maximum atomic E-state index is 3.95. The molecule has 0 atom stereocenters. The molecule has 2 N–H and O–H groups in total. The second-order valence-corrected chi connectivity index (χ2v) is 14.9. The van der Waals surface area contributed by atoms with Gasteiger partial charge in [-0.15, -0.1) is 0 Å². The molecule has 2 nitrogen and oxygen atoms in total. The molecule has 12 rings (SSSR count). The number of aromatic nitrogens is 2. The van der Waals surface area contributed by atoms with Gasteiger partial charge in [0.25, 0.3) is 0 Å². The predicted molar refractivity (Wildman–Crippen MR) is 239 cm³/mol. The Labute approximate surface area is 323 Å². The van der Waals surface area contributed by atoms with Gasteiger partial charge in [0.1, 0.15) is 0 Å². The van der Waals surface area contributed by atoms with Crippen molar-refractivity contribution in [2.24, 2.45) is 0 Å². The van der Waals surface area contributed by atoms with Crippen LogP contribution in [-0.2, 0) is 0 Å². The molecule has 0 aliphatic carbocycles. The second kappa shape index (κ2) is 12.0. The molecule has 0 saturated carbocycles. The fraction of sp³-hybridized carbons (Fsp3) is 0. The van der Waals surface area contributed by atoms with E-state index >= 15 is 0 Å². The Kier molecular flexibility index (Phi) is 6.66. The summed E-state index contributed by atoms with van der Waals surface area (Å²) in [7, 11) is 0. The van der Waals surface area contributed by atoms with Crippen LogP contribution in [0.5, 0.6) is 0 Å². The topological polar surface area (TPSA) is 31.6 Å². The van der Waals surface area contributed by atoms with E-state index in [9.17, 15) is 0 Å². The quantitative estimate of drug-likeness (QED) is 0.170. The van der Waals surface area contributed by atoms with Gasteiger partial charge < -0.3 is 9.97 Å². The van der Waals surface area contributed by atoms with E-state index in [1.807, 2.05) is 0 Å².